The van der Waals surface area contributed by atoms with Crippen LogP contribution in [0.2, 0.25) is 5.02 Å². The molecule has 29 heavy (non-hydrogen) atoms. The second-order valence-electron chi connectivity index (χ2n) is 5.03. The molecule has 4 heteroatoms. The van der Waals surface area contributed by atoms with Crippen LogP contribution in [0.5, 0.6) is 0 Å². The molecule has 4 aromatic carbocycles. The van der Waals surface area contributed by atoms with Crippen molar-refractivity contribution in [2.45, 2.75) is 0 Å². The summed E-state index contributed by atoms with van der Waals surface area (Å²) in [5.41, 5.74) is 0.884. The Labute approximate surface area is 210 Å². The summed E-state index contributed by atoms with van der Waals surface area (Å²) in [4.78, 5) is 0. The quantitative estimate of drug-likeness (QED) is 0.132. The average Bonchev–Trinajstić information content (AvgIpc) is 2.79. The van der Waals surface area contributed by atoms with Crippen LogP contribution in [0.4, 0.5) is 0 Å². The van der Waals surface area contributed by atoms with Crippen molar-refractivity contribution in [3.05, 3.63) is 144 Å². The van der Waals surface area contributed by atoms with Crippen molar-refractivity contribution in [3.63, 3.8) is 0 Å². The Bertz CT molecular complexity index is 685. The first-order valence-electron chi connectivity index (χ1n) is 8.40. The smallest absolute Gasteiger partial charge is 0.0406 e. The molecule has 0 amide bonds. The summed E-state index contributed by atoms with van der Waals surface area (Å²) in [6, 6.07) is 44.7. The molecule has 0 unspecified atom stereocenters. The van der Waals surface area contributed by atoms with E-state index in [0.717, 1.165) is 5.56 Å². The fourth-order valence-corrected chi connectivity index (χ4v) is 2.01. The normalized spacial score (nSPS) is 8.17. The van der Waals surface area contributed by atoms with E-state index in [4.69, 9.17) is 36.4 Å². The maximum atomic E-state index is 5.64. The Morgan fingerprint density at radius 1 is 0.621 bits per heavy atom. The van der Waals surface area contributed by atoms with Crippen LogP contribution in [-0.2, 0) is 12.6 Å². The molecule has 0 aromatic heterocycles. The van der Waals surface area contributed by atoms with Crippen LogP contribution in [0.25, 0.3) is 0 Å². The zero-order valence-electron chi connectivity index (χ0n) is 15.7. The molecule has 0 aliphatic rings. The summed E-state index contributed by atoms with van der Waals surface area (Å²) in [6.45, 7) is 0. The number of halogens is 1. The molecule has 0 N–H and O–H groups in total. The van der Waals surface area contributed by atoms with Crippen molar-refractivity contribution < 1.29 is 0 Å². The molecule has 0 atom stereocenters. The fraction of sp³-hybridized carbons (Fsp3) is 0. The minimum atomic E-state index is 0. The Hall–Kier alpha value is -1.60. The second kappa shape index (κ2) is 19.7. The van der Waals surface area contributed by atoms with Crippen LogP contribution in [0.3, 0.4) is 0 Å². The number of hydrogen-bond acceptors (Lipinski definition) is 2. The maximum Gasteiger partial charge on any atom is 0.0406 e. The van der Waals surface area contributed by atoms with E-state index < -0.39 is 0 Å². The number of rotatable bonds is 1. The predicted molar refractivity (Wildman–Crippen MR) is 132 cm³/mol. The third-order valence-electron chi connectivity index (χ3n) is 2.90. The van der Waals surface area contributed by atoms with E-state index in [1.807, 2.05) is 103 Å². The van der Waals surface area contributed by atoms with Crippen LogP contribution < -0.4 is 0 Å². The van der Waals surface area contributed by atoms with Gasteiger partial charge in [-0.1, -0.05) is 115 Å². The van der Waals surface area contributed by atoms with Crippen molar-refractivity contribution in [1.29, 1.82) is 0 Å². The monoisotopic (exact) mass is 626 g/mol. The van der Waals surface area contributed by atoms with E-state index in [-0.39, 0.29) is 27.3 Å². The average molecular weight is 626 g/mol. The summed E-state index contributed by atoms with van der Waals surface area (Å²) in [5.74, 6) is 0. The molecule has 0 saturated carbocycles. The zero-order valence-corrected chi connectivity index (χ0v) is 21.9. The van der Waals surface area contributed by atoms with Gasteiger partial charge >= 0.3 is 0 Å². The molecule has 0 aliphatic heterocycles. The van der Waals surface area contributed by atoms with Gasteiger partial charge in [0.15, 0.2) is 0 Å². The van der Waals surface area contributed by atoms with Crippen LogP contribution in [0.1, 0.15) is 5.56 Å². The Morgan fingerprint density at radius 3 is 1.10 bits per heavy atom. The van der Waals surface area contributed by atoms with Gasteiger partial charge in [-0.3, -0.25) is 0 Å². The minimum absolute atomic E-state index is 0. The molecular weight excluding hydrogens is 607 g/mol. The first kappa shape index (κ1) is 27.4. The molecular formula is C25H19ClPbS2-. The number of thiocarbonyl (C=S) groups is 1. The summed E-state index contributed by atoms with van der Waals surface area (Å²) in [5, 5.41) is 0.704. The topological polar surface area (TPSA) is 0 Å². The molecule has 0 spiro atoms. The first-order chi connectivity index (χ1) is 13.7. The maximum absolute atomic E-state index is 5.64. The van der Waals surface area contributed by atoms with Crippen LogP contribution >= 0.6 is 23.8 Å². The van der Waals surface area contributed by atoms with Gasteiger partial charge in [-0.25, -0.2) is 0 Å². The van der Waals surface area contributed by atoms with Gasteiger partial charge in [0.1, 0.15) is 0 Å². The van der Waals surface area contributed by atoms with Crippen molar-refractivity contribution >= 4 is 67.9 Å². The van der Waals surface area contributed by atoms with Gasteiger partial charge in [-0.15, -0.1) is 4.20 Å². The van der Waals surface area contributed by atoms with Gasteiger partial charge in [0.05, 0.1) is 0 Å². The molecule has 143 valence electrons. The standard InChI is InChI=1S/C7H5ClS2.3C6H5.Pb/c8-6-3-1-5(2-4-6)7(9)10;3*1-2-4-6-5-3-1;/h1-4H,(H,9,10);3*1-5H;/p-1. The summed E-state index contributed by atoms with van der Waals surface area (Å²) in [6.07, 6.45) is 0. The van der Waals surface area contributed by atoms with Crippen LogP contribution in [0.15, 0.2) is 115 Å². The van der Waals surface area contributed by atoms with Gasteiger partial charge in [0.25, 0.3) is 0 Å². The van der Waals surface area contributed by atoms with Gasteiger partial charge in [0, 0.05) is 32.3 Å². The van der Waals surface area contributed by atoms with E-state index in [1.165, 1.54) is 0 Å². The SMILES string of the molecule is S=C([S-])c1ccc(Cl)cc1.[Pb].[c]1ccccc1.[c]1ccccc1.[c]1ccccc1. The van der Waals surface area contributed by atoms with Crippen LogP contribution in [0, 0.1) is 18.2 Å². The van der Waals surface area contributed by atoms with E-state index in [0.29, 0.717) is 9.22 Å². The van der Waals surface area contributed by atoms with Crippen molar-refractivity contribution in [3.8, 4) is 0 Å². The van der Waals surface area contributed by atoms with E-state index >= 15 is 0 Å². The predicted octanol–water partition coefficient (Wildman–Crippen LogP) is 6.64. The Balaban J connectivity index is 0.000000366. The molecule has 4 aromatic rings. The zero-order chi connectivity index (χ0) is 20.3. The molecule has 0 aliphatic carbocycles. The van der Waals surface area contributed by atoms with E-state index in [1.54, 1.807) is 12.1 Å². The summed E-state index contributed by atoms with van der Waals surface area (Å²) in [7, 11) is 0. The second-order valence-corrected chi connectivity index (χ2v) is 6.54. The third-order valence-corrected chi connectivity index (χ3v) is 3.62. The Morgan fingerprint density at radius 2 is 0.931 bits per heavy atom. The molecule has 0 saturated heterocycles. The third kappa shape index (κ3) is 17.0. The molecule has 4 rings (SSSR count). The van der Waals surface area contributed by atoms with Crippen LogP contribution in [-0.4, -0.2) is 31.5 Å². The molecule has 7 radical (unpaired) electrons. The minimum Gasteiger partial charge on any atom is -0.428 e. The van der Waals surface area contributed by atoms with Crippen molar-refractivity contribution in [2.24, 2.45) is 0 Å². The van der Waals surface area contributed by atoms with Gasteiger partial charge in [-0.05, 0) is 35.9 Å². The van der Waals surface area contributed by atoms with E-state index in [9.17, 15) is 0 Å². The molecule has 0 bridgehead atoms. The molecule has 0 heterocycles. The molecule has 0 nitrogen and oxygen atoms in total. The number of hydrogen-bond donors (Lipinski definition) is 0. The van der Waals surface area contributed by atoms with Gasteiger partial charge in [0.2, 0.25) is 0 Å². The van der Waals surface area contributed by atoms with Crippen molar-refractivity contribution in [1.82, 2.24) is 0 Å². The van der Waals surface area contributed by atoms with Gasteiger partial charge < -0.3 is 24.8 Å². The summed E-state index contributed by atoms with van der Waals surface area (Å²) < 4.78 is 0.483. The van der Waals surface area contributed by atoms with Crippen molar-refractivity contribution in [2.75, 3.05) is 0 Å². The van der Waals surface area contributed by atoms with Gasteiger partial charge in [-0.2, -0.15) is 0 Å². The molecule has 0 fully saturated rings. The van der Waals surface area contributed by atoms with E-state index in [2.05, 4.69) is 18.2 Å². The first-order valence-corrected chi connectivity index (χ1v) is 9.60. The Kier molecular flexibility index (Phi) is 18.6. The summed E-state index contributed by atoms with van der Waals surface area (Å²) >= 11 is 15.2. The largest absolute Gasteiger partial charge is 0.428 e. The number of benzene rings is 4. The fourth-order valence-electron chi connectivity index (χ4n) is 1.61.